The Kier molecular flexibility index (Phi) is 14.1. The van der Waals surface area contributed by atoms with Crippen LogP contribution >= 0.6 is 0 Å². The van der Waals surface area contributed by atoms with Crippen LogP contribution < -0.4 is 20.9 Å². The molecule has 0 fully saturated rings. The van der Waals surface area contributed by atoms with Gasteiger partial charge in [0.15, 0.2) is 0 Å². The molecule has 1 aliphatic heterocycles. The predicted octanol–water partition coefficient (Wildman–Crippen LogP) is 0.426. The van der Waals surface area contributed by atoms with Crippen LogP contribution in [0.5, 0.6) is 5.75 Å². The van der Waals surface area contributed by atoms with Crippen molar-refractivity contribution >= 4 is 69.2 Å². The van der Waals surface area contributed by atoms with Gasteiger partial charge in [-0.15, -0.1) is 0 Å². The van der Waals surface area contributed by atoms with Crippen molar-refractivity contribution in [2.24, 2.45) is 17.8 Å². The molecular weight excluding hydrogens is 619 g/mol. The fourth-order valence-electron chi connectivity index (χ4n) is 4.92. The molecule has 2 aromatic carbocycles. The summed E-state index contributed by atoms with van der Waals surface area (Å²) in [6.07, 6.45) is 0.156. The smallest absolute Gasteiger partial charge is 0.268 e. The first kappa shape index (κ1) is 37.8. The number of fused-ring (bicyclic) bond motifs is 1. The Bertz CT molecular complexity index is 1470. The maximum Gasteiger partial charge on any atom is 0.268 e. The Morgan fingerprint density at radius 2 is 1.49 bits per heavy atom. The van der Waals surface area contributed by atoms with Crippen LogP contribution in [0.25, 0.3) is 0 Å². The average molecular weight is 656 g/mol. The molecule has 0 saturated carbocycles. The van der Waals surface area contributed by atoms with Crippen molar-refractivity contribution in [2.75, 3.05) is 26.0 Å². The van der Waals surface area contributed by atoms with Gasteiger partial charge in [-0.3, -0.25) is 38.6 Å². The normalized spacial score (nSPS) is 14.6. The third-order valence-electron chi connectivity index (χ3n) is 7.10. The van der Waals surface area contributed by atoms with Crippen molar-refractivity contribution in [1.29, 1.82) is 0 Å². The minimum absolute atomic E-state index is 0. The fourth-order valence-corrected chi connectivity index (χ4v) is 5.22. The molecule has 1 radical (unpaired) electrons. The molecule has 239 valence electrons. The van der Waals surface area contributed by atoms with Crippen LogP contribution in [0.15, 0.2) is 48.5 Å². The van der Waals surface area contributed by atoms with Gasteiger partial charge in [0.05, 0.1) is 23.0 Å². The van der Waals surface area contributed by atoms with Gasteiger partial charge in [-0.1, -0.05) is 38.1 Å². The van der Waals surface area contributed by atoms with Crippen molar-refractivity contribution in [1.82, 2.24) is 21.0 Å². The minimum atomic E-state index is -4.18. The van der Waals surface area contributed by atoms with E-state index in [-0.39, 0.29) is 66.1 Å². The zero-order chi connectivity index (χ0) is 32.6. The molecule has 5 N–H and O–H groups in total. The number of nitrogens with zero attached hydrogens (tertiary/aromatic N) is 1. The van der Waals surface area contributed by atoms with E-state index < -0.39 is 69.8 Å². The number of likely N-dealkylation sites (N-methyl/N-ethyl adjacent to an activating group) is 1. The summed E-state index contributed by atoms with van der Waals surface area (Å²) in [5.74, 6) is -6.32. The molecule has 0 spiro atoms. The minimum Gasteiger partial charge on any atom is -0.492 e. The number of carbonyl (C=O) groups excluding carboxylic acids is 5. The standard InChI is InChI=1S/C29H36N4O10S.Na/c1-17(2)14-22(23(26(35)32-39)16-33-28(37)20-6-4-5-7-21(20)29(33)38)25(34)31-24(27(36)30-3)15-18-8-10-19(11-9-18)43-12-13-44(40,41)42;/h4-11,17,22-24,39H,12-16H2,1-3H3,(H,30,36)(H,31,34)(H,32,35)(H,40,41,42);/t22-,23?,24+;/m1./s1. The number of hydroxylamine groups is 1. The van der Waals surface area contributed by atoms with Crippen LogP contribution in [0.4, 0.5) is 0 Å². The maximum absolute atomic E-state index is 13.7. The van der Waals surface area contributed by atoms with Crippen LogP contribution in [0.1, 0.15) is 46.5 Å². The Balaban J connectivity index is 0.00000705. The van der Waals surface area contributed by atoms with Gasteiger partial charge in [0.2, 0.25) is 17.7 Å². The summed E-state index contributed by atoms with van der Waals surface area (Å²) in [5, 5.41) is 14.7. The molecule has 16 heteroatoms. The molecule has 3 rings (SSSR count). The molecular formula is C29H36N4NaO10S. The van der Waals surface area contributed by atoms with Gasteiger partial charge in [0, 0.05) is 49.6 Å². The van der Waals surface area contributed by atoms with Crippen molar-refractivity contribution < 1.29 is 46.9 Å². The van der Waals surface area contributed by atoms with Gasteiger partial charge < -0.3 is 15.4 Å². The Labute approximate surface area is 283 Å². The van der Waals surface area contributed by atoms with Crippen molar-refractivity contribution in [2.45, 2.75) is 32.7 Å². The van der Waals surface area contributed by atoms with Gasteiger partial charge >= 0.3 is 0 Å². The Morgan fingerprint density at radius 1 is 0.911 bits per heavy atom. The van der Waals surface area contributed by atoms with E-state index in [1.165, 1.54) is 31.3 Å². The van der Waals surface area contributed by atoms with E-state index in [1.807, 2.05) is 13.8 Å². The number of hydrogen-bond donors (Lipinski definition) is 5. The topological polar surface area (TPSA) is 209 Å². The molecule has 3 atom stereocenters. The van der Waals surface area contributed by atoms with Gasteiger partial charge in [0.25, 0.3) is 21.9 Å². The summed E-state index contributed by atoms with van der Waals surface area (Å²) >= 11 is 0. The Hall–Kier alpha value is -3.34. The maximum atomic E-state index is 13.7. The van der Waals surface area contributed by atoms with E-state index in [2.05, 4.69) is 10.6 Å². The fraction of sp³-hybridized carbons (Fsp3) is 0.414. The van der Waals surface area contributed by atoms with Crippen molar-refractivity contribution in [3.63, 3.8) is 0 Å². The van der Waals surface area contributed by atoms with E-state index in [4.69, 9.17) is 9.29 Å². The van der Waals surface area contributed by atoms with Crippen LogP contribution in [0, 0.1) is 17.8 Å². The number of imide groups is 1. The second kappa shape index (κ2) is 16.8. The number of hydrogen-bond acceptors (Lipinski definition) is 9. The average Bonchev–Trinajstić information content (AvgIpc) is 3.22. The van der Waals surface area contributed by atoms with Gasteiger partial charge in [-0.05, 0) is 42.2 Å². The summed E-state index contributed by atoms with van der Waals surface area (Å²) < 4.78 is 35.9. The van der Waals surface area contributed by atoms with Gasteiger partial charge in [-0.25, -0.2) is 5.48 Å². The third-order valence-corrected chi connectivity index (χ3v) is 7.79. The largest absolute Gasteiger partial charge is 0.492 e. The van der Waals surface area contributed by atoms with Crippen molar-refractivity contribution in [3.8, 4) is 5.75 Å². The zero-order valence-corrected chi connectivity index (χ0v) is 28.3. The monoisotopic (exact) mass is 655 g/mol. The summed E-state index contributed by atoms with van der Waals surface area (Å²) in [5.41, 5.74) is 2.49. The molecule has 5 amide bonds. The number of carbonyl (C=O) groups is 5. The molecule has 45 heavy (non-hydrogen) atoms. The van der Waals surface area contributed by atoms with Crippen LogP contribution in [0.2, 0.25) is 0 Å². The molecule has 2 aromatic rings. The Morgan fingerprint density at radius 3 is 1.98 bits per heavy atom. The quantitative estimate of drug-likeness (QED) is 0.0587. The first-order valence-corrected chi connectivity index (χ1v) is 15.4. The number of ether oxygens (including phenoxy) is 1. The van der Waals surface area contributed by atoms with E-state index in [0.717, 1.165) is 4.90 Å². The molecule has 14 nitrogen and oxygen atoms in total. The van der Waals surface area contributed by atoms with E-state index in [1.54, 1.807) is 29.7 Å². The number of nitrogens with one attached hydrogen (secondary N) is 3. The van der Waals surface area contributed by atoms with Gasteiger partial charge in [0.1, 0.15) is 24.2 Å². The number of rotatable bonds is 15. The molecule has 0 bridgehead atoms. The molecule has 0 saturated heterocycles. The zero-order valence-electron chi connectivity index (χ0n) is 25.5. The number of benzene rings is 2. The third kappa shape index (κ3) is 10.3. The summed E-state index contributed by atoms with van der Waals surface area (Å²) in [7, 11) is -2.79. The second-order valence-corrected chi connectivity index (χ2v) is 12.3. The van der Waals surface area contributed by atoms with E-state index in [9.17, 15) is 37.6 Å². The molecule has 1 unspecified atom stereocenters. The van der Waals surface area contributed by atoms with E-state index >= 15 is 0 Å². The second-order valence-electron chi connectivity index (χ2n) is 10.7. The first-order chi connectivity index (χ1) is 20.7. The summed E-state index contributed by atoms with van der Waals surface area (Å²) in [6, 6.07) is 11.4. The first-order valence-electron chi connectivity index (χ1n) is 13.8. The molecule has 1 heterocycles. The van der Waals surface area contributed by atoms with Crippen molar-refractivity contribution in [3.05, 3.63) is 65.2 Å². The van der Waals surface area contributed by atoms with Crippen LogP contribution in [-0.2, 0) is 30.9 Å². The summed E-state index contributed by atoms with van der Waals surface area (Å²) in [4.78, 5) is 66.4. The molecule has 1 aliphatic rings. The van der Waals surface area contributed by atoms with Crippen LogP contribution in [0.3, 0.4) is 0 Å². The predicted molar refractivity (Wildman–Crippen MR) is 162 cm³/mol. The van der Waals surface area contributed by atoms with E-state index in [0.29, 0.717) is 11.3 Å². The summed E-state index contributed by atoms with van der Waals surface area (Å²) in [6.45, 7) is 2.88. The van der Waals surface area contributed by atoms with Crippen LogP contribution in [-0.4, -0.2) is 114 Å². The number of amides is 5. The molecule has 0 aliphatic carbocycles. The SMILES string of the molecule is CNC(=O)[C@H](Cc1ccc(OCCS(=O)(=O)O)cc1)NC(=O)[C@H](CC(C)C)C(CN1C(=O)c2ccccc2C1=O)C(=O)NO.[Na]. The molecule has 0 aromatic heterocycles. The van der Waals surface area contributed by atoms with Gasteiger partial charge in [-0.2, -0.15) is 8.42 Å².